The van der Waals surface area contributed by atoms with E-state index in [0.29, 0.717) is 12.4 Å². The number of carbonyl (C=O) groups excluding carboxylic acids is 1. The Kier molecular flexibility index (Phi) is 4.10. The first-order valence-electron chi connectivity index (χ1n) is 8.13. The molecule has 2 fully saturated rings. The summed E-state index contributed by atoms with van der Waals surface area (Å²) in [7, 11) is 0. The van der Waals surface area contributed by atoms with Crippen LogP contribution in [0.3, 0.4) is 0 Å². The minimum Gasteiger partial charge on any atom is -0.459 e. The van der Waals surface area contributed by atoms with E-state index in [1.54, 1.807) is 18.7 Å². The standard InChI is InChI=1S/C18H20N2O3S/c1-13-4-7-22-16(13)17(21)20-11-18(12-20)8-15(10-24-18)23-9-14-2-5-19-6-3-14/h2-7,15H,8-12H2,1H3/t15-/m0/s1. The van der Waals surface area contributed by atoms with E-state index < -0.39 is 0 Å². The second-order valence-electron chi connectivity index (χ2n) is 6.58. The molecule has 1 amide bonds. The van der Waals surface area contributed by atoms with Crippen molar-refractivity contribution < 1.29 is 13.9 Å². The maximum Gasteiger partial charge on any atom is 0.289 e. The van der Waals surface area contributed by atoms with Gasteiger partial charge in [-0.15, -0.1) is 11.8 Å². The molecule has 0 aliphatic carbocycles. The molecule has 2 aliphatic rings. The first-order chi connectivity index (χ1) is 11.7. The summed E-state index contributed by atoms with van der Waals surface area (Å²) >= 11 is 1.94. The third-order valence-electron chi connectivity index (χ3n) is 4.71. The summed E-state index contributed by atoms with van der Waals surface area (Å²) in [6.45, 7) is 4.09. The summed E-state index contributed by atoms with van der Waals surface area (Å²) in [5.41, 5.74) is 2.05. The van der Waals surface area contributed by atoms with Gasteiger partial charge in [0, 0.05) is 36.8 Å². The third kappa shape index (κ3) is 2.96. The van der Waals surface area contributed by atoms with Crippen molar-refractivity contribution in [2.75, 3.05) is 18.8 Å². The van der Waals surface area contributed by atoms with Gasteiger partial charge in [0.05, 0.1) is 23.7 Å². The van der Waals surface area contributed by atoms with E-state index in [0.717, 1.165) is 36.4 Å². The summed E-state index contributed by atoms with van der Waals surface area (Å²) in [6, 6.07) is 5.79. The lowest BCUT2D eigenvalue weighted by molar-refractivity contribution is 0.0243. The molecule has 0 N–H and O–H groups in total. The minimum atomic E-state index is 0.00452. The molecule has 24 heavy (non-hydrogen) atoms. The number of hydrogen-bond donors (Lipinski definition) is 0. The molecule has 126 valence electrons. The lowest BCUT2D eigenvalue weighted by atomic mass is 9.92. The fourth-order valence-electron chi connectivity index (χ4n) is 3.35. The van der Waals surface area contributed by atoms with Gasteiger partial charge in [-0.1, -0.05) is 0 Å². The first-order valence-corrected chi connectivity index (χ1v) is 9.12. The predicted molar refractivity (Wildman–Crippen MR) is 92.0 cm³/mol. The fraction of sp³-hybridized carbons (Fsp3) is 0.444. The molecule has 0 radical (unpaired) electrons. The number of carbonyl (C=O) groups is 1. The quantitative estimate of drug-likeness (QED) is 0.854. The molecule has 0 bridgehead atoms. The summed E-state index contributed by atoms with van der Waals surface area (Å²) in [4.78, 5) is 18.3. The van der Waals surface area contributed by atoms with Crippen molar-refractivity contribution in [3.8, 4) is 0 Å². The van der Waals surface area contributed by atoms with Crippen molar-refractivity contribution in [2.24, 2.45) is 0 Å². The number of aromatic nitrogens is 1. The van der Waals surface area contributed by atoms with E-state index in [2.05, 4.69) is 4.98 Å². The van der Waals surface area contributed by atoms with Crippen molar-refractivity contribution in [1.82, 2.24) is 9.88 Å². The van der Waals surface area contributed by atoms with Gasteiger partial charge in [0.25, 0.3) is 5.91 Å². The van der Waals surface area contributed by atoms with Gasteiger partial charge >= 0.3 is 0 Å². The molecule has 2 saturated heterocycles. The molecule has 2 aliphatic heterocycles. The number of rotatable bonds is 4. The Balaban J connectivity index is 1.29. The van der Waals surface area contributed by atoms with Crippen molar-refractivity contribution in [1.29, 1.82) is 0 Å². The summed E-state index contributed by atoms with van der Waals surface area (Å²) < 4.78 is 11.5. The molecule has 6 heteroatoms. The molecule has 0 saturated carbocycles. The Morgan fingerprint density at radius 3 is 2.92 bits per heavy atom. The molecule has 5 nitrogen and oxygen atoms in total. The van der Waals surface area contributed by atoms with Crippen LogP contribution in [-0.4, -0.2) is 45.5 Å². The number of amides is 1. The average molecular weight is 344 g/mol. The van der Waals surface area contributed by atoms with Crippen LogP contribution in [0.4, 0.5) is 0 Å². The van der Waals surface area contributed by atoms with E-state index in [9.17, 15) is 4.79 Å². The van der Waals surface area contributed by atoms with Crippen molar-refractivity contribution in [3.05, 3.63) is 53.7 Å². The number of furan rings is 1. The molecular weight excluding hydrogens is 324 g/mol. The molecule has 1 spiro atoms. The SMILES string of the molecule is Cc1ccoc1C(=O)N1CC2(C[C@H](OCc3ccncc3)CS2)C1. The van der Waals surface area contributed by atoms with Crippen molar-refractivity contribution >= 4 is 17.7 Å². The maximum atomic E-state index is 12.4. The van der Waals surface area contributed by atoms with E-state index in [1.807, 2.05) is 41.8 Å². The van der Waals surface area contributed by atoms with Gasteiger partial charge < -0.3 is 14.1 Å². The molecular formula is C18H20N2O3S. The van der Waals surface area contributed by atoms with Gasteiger partial charge in [-0.3, -0.25) is 9.78 Å². The van der Waals surface area contributed by atoms with Crippen LogP contribution in [0.5, 0.6) is 0 Å². The van der Waals surface area contributed by atoms with Gasteiger partial charge in [0.2, 0.25) is 0 Å². The Morgan fingerprint density at radius 2 is 2.21 bits per heavy atom. The highest BCUT2D eigenvalue weighted by Gasteiger charge is 2.51. The van der Waals surface area contributed by atoms with E-state index in [1.165, 1.54) is 0 Å². The Labute approximate surface area is 145 Å². The monoisotopic (exact) mass is 344 g/mol. The van der Waals surface area contributed by atoms with Crippen molar-refractivity contribution in [3.63, 3.8) is 0 Å². The molecule has 4 rings (SSSR count). The van der Waals surface area contributed by atoms with Gasteiger partial charge in [-0.2, -0.15) is 0 Å². The molecule has 1 atom stereocenters. The average Bonchev–Trinajstić information content (AvgIpc) is 3.18. The predicted octanol–water partition coefficient (Wildman–Crippen LogP) is 2.90. The second kappa shape index (κ2) is 6.26. The Morgan fingerprint density at radius 1 is 1.42 bits per heavy atom. The summed E-state index contributed by atoms with van der Waals surface area (Å²) in [6.07, 6.45) is 6.41. The zero-order valence-electron chi connectivity index (χ0n) is 13.6. The van der Waals surface area contributed by atoms with Gasteiger partial charge in [-0.05, 0) is 37.1 Å². The highest BCUT2D eigenvalue weighted by atomic mass is 32.2. The van der Waals surface area contributed by atoms with Gasteiger partial charge in [-0.25, -0.2) is 0 Å². The molecule has 0 unspecified atom stereocenters. The Bertz CT molecular complexity index is 725. The highest BCUT2D eigenvalue weighted by molar-refractivity contribution is 8.01. The summed E-state index contributed by atoms with van der Waals surface area (Å²) in [5, 5.41) is 0. The molecule has 2 aromatic rings. The molecule has 4 heterocycles. The van der Waals surface area contributed by atoms with Crippen LogP contribution in [0, 0.1) is 6.92 Å². The zero-order chi connectivity index (χ0) is 16.6. The third-order valence-corrected chi connectivity index (χ3v) is 6.29. The number of likely N-dealkylation sites (tertiary alicyclic amines) is 1. The zero-order valence-corrected chi connectivity index (χ0v) is 14.4. The van der Waals surface area contributed by atoms with Gasteiger partial charge in [0.1, 0.15) is 0 Å². The maximum absolute atomic E-state index is 12.4. The summed E-state index contributed by atoms with van der Waals surface area (Å²) in [5.74, 6) is 1.47. The Hall–Kier alpha value is -1.79. The lowest BCUT2D eigenvalue weighted by Gasteiger charge is -2.47. The fourth-order valence-corrected chi connectivity index (χ4v) is 4.90. The molecule has 0 aromatic carbocycles. The number of thioether (sulfide) groups is 1. The smallest absolute Gasteiger partial charge is 0.289 e. The van der Waals surface area contributed by atoms with Crippen LogP contribution in [0.15, 0.2) is 41.3 Å². The van der Waals surface area contributed by atoms with Crippen LogP contribution in [0.2, 0.25) is 0 Å². The number of ether oxygens (including phenoxy) is 1. The second-order valence-corrected chi connectivity index (χ2v) is 8.07. The van der Waals surface area contributed by atoms with Crippen LogP contribution in [0.25, 0.3) is 0 Å². The largest absolute Gasteiger partial charge is 0.459 e. The highest BCUT2D eigenvalue weighted by Crippen LogP contribution is 2.46. The van der Waals surface area contributed by atoms with E-state index >= 15 is 0 Å². The van der Waals surface area contributed by atoms with Crippen LogP contribution >= 0.6 is 11.8 Å². The van der Waals surface area contributed by atoms with Crippen LogP contribution in [0.1, 0.15) is 28.1 Å². The molecule has 2 aromatic heterocycles. The van der Waals surface area contributed by atoms with E-state index in [-0.39, 0.29) is 16.8 Å². The number of pyridine rings is 1. The van der Waals surface area contributed by atoms with Crippen LogP contribution in [-0.2, 0) is 11.3 Å². The topological polar surface area (TPSA) is 55.6 Å². The first kappa shape index (κ1) is 15.7. The number of hydrogen-bond acceptors (Lipinski definition) is 5. The van der Waals surface area contributed by atoms with Gasteiger partial charge in [0.15, 0.2) is 5.76 Å². The lowest BCUT2D eigenvalue weighted by Crippen LogP contribution is -2.60. The van der Waals surface area contributed by atoms with Crippen molar-refractivity contribution in [2.45, 2.75) is 30.8 Å². The minimum absolute atomic E-state index is 0.00452. The normalized spacial score (nSPS) is 21.9. The van der Waals surface area contributed by atoms with Crippen LogP contribution < -0.4 is 0 Å². The number of nitrogens with zero attached hydrogens (tertiary/aromatic N) is 2. The number of aryl methyl sites for hydroxylation is 1. The van der Waals surface area contributed by atoms with E-state index in [4.69, 9.17) is 9.15 Å².